The molecule has 0 N–H and O–H groups in total. The van der Waals surface area contributed by atoms with Crippen LogP contribution in [0.3, 0.4) is 0 Å². The Morgan fingerprint density at radius 3 is 2.45 bits per heavy atom. The molecule has 0 radical (unpaired) electrons. The van der Waals surface area contributed by atoms with Gasteiger partial charge in [-0.3, -0.25) is 9.69 Å². The first-order valence-corrected chi connectivity index (χ1v) is 10.7. The zero-order valence-electron chi connectivity index (χ0n) is 16.6. The van der Waals surface area contributed by atoms with E-state index in [1.807, 2.05) is 47.4 Å². The van der Waals surface area contributed by atoms with Crippen LogP contribution in [0.1, 0.15) is 11.3 Å². The van der Waals surface area contributed by atoms with Crippen molar-refractivity contribution >= 4 is 17.2 Å². The number of ether oxygens (including phenoxy) is 1. The van der Waals surface area contributed by atoms with Gasteiger partial charge < -0.3 is 9.64 Å². The number of benzene rings is 2. The predicted molar refractivity (Wildman–Crippen MR) is 116 cm³/mol. The van der Waals surface area contributed by atoms with E-state index in [0.717, 1.165) is 60.3 Å². The number of carbonyl (C=O) groups excluding carboxylic acids is 1. The van der Waals surface area contributed by atoms with Crippen LogP contribution in [0.25, 0.3) is 10.6 Å². The number of amides is 1. The molecule has 150 valence electrons. The van der Waals surface area contributed by atoms with Crippen LogP contribution in [0.15, 0.2) is 60.0 Å². The lowest BCUT2D eigenvalue weighted by molar-refractivity contribution is -0.132. The van der Waals surface area contributed by atoms with Crippen LogP contribution in [0.2, 0.25) is 0 Å². The van der Waals surface area contributed by atoms with Crippen molar-refractivity contribution < 1.29 is 9.53 Å². The molecule has 6 heteroatoms. The topological polar surface area (TPSA) is 45.7 Å². The van der Waals surface area contributed by atoms with Crippen molar-refractivity contribution in [3.05, 3.63) is 71.2 Å². The van der Waals surface area contributed by atoms with Crippen LogP contribution in [0.5, 0.6) is 5.75 Å². The zero-order valence-corrected chi connectivity index (χ0v) is 17.4. The fourth-order valence-corrected chi connectivity index (χ4v) is 4.32. The van der Waals surface area contributed by atoms with Gasteiger partial charge in [0, 0.05) is 43.7 Å². The van der Waals surface area contributed by atoms with Crippen molar-refractivity contribution in [2.24, 2.45) is 0 Å². The molecule has 1 aliphatic rings. The van der Waals surface area contributed by atoms with E-state index >= 15 is 0 Å². The summed E-state index contributed by atoms with van der Waals surface area (Å²) in [5, 5.41) is 3.21. The number of piperazine rings is 1. The van der Waals surface area contributed by atoms with Crippen LogP contribution in [0, 0.1) is 0 Å². The summed E-state index contributed by atoms with van der Waals surface area (Å²) in [5.74, 6) is 1.00. The molecule has 1 aromatic heterocycles. The highest BCUT2D eigenvalue weighted by molar-refractivity contribution is 7.13. The number of carbonyl (C=O) groups is 1. The fourth-order valence-electron chi connectivity index (χ4n) is 3.51. The maximum atomic E-state index is 12.6. The Hall–Kier alpha value is -2.70. The molecular formula is C23H25N3O2S. The minimum Gasteiger partial charge on any atom is -0.497 e. The Morgan fingerprint density at radius 1 is 1.03 bits per heavy atom. The first kappa shape index (κ1) is 19.6. The van der Waals surface area contributed by atoms with Gasteiger partial charge in [-0.2, -0.15) is 0 Å². The van der Waals surface area contributed by atoms with Crippen LogP contribution >= 0.6 is 11.3 Å². The number of hydrogen-bond donors (Lipinski definition) is 0. The third kappa shape index (κ3) is 5.02. The van der Waals surface area contributed by atoms with E-state index in [1.54, 1.807) is 18.4 Å². The molecule has 3 aromatic rings. The summed E-state index contributed by atoms with van der Waals surface area (Å²) in [6, 6.07) is 18.0. The Labute approximate surface area is 175 Å². The van der Waals surface area contributed by atoms with E-state index in [-0.39, 0.29) is 5.91 Å². The van der Waals surface area contributed by atoms with Gasteiger partial charge in [-0.1, -0.05) is 42.5 Å². The molecule has 0 unspecified atom stereocenters. The monoisotopic (exact) mass is 407 g/mol. The van der Waals surface area contributed by atoms with Crippen molar-refractivity contribution in [2.75, 3.05) is 33.3 Å². The van der Waals surface area contributed by atoms with Crippen LogP contribution in [-0.2, 0) is 17.8 Å². The third-order valence-corrected chi connectivity index (χ3v) is 6.14. The Bertz CT molecular complexity index is 932. The Morgan fingerprint density at radius 2 is 1.76 bits per heavy atom. The van der Waals surface area contributed by atoms with Crippen molar-refractivity contribution in [1.29, 1.82) is 0 Å². The lowest BCUT2D eigenvalue weighted by Gasteiger charge is -2.34. The largest absolute Gasteiger partial charge is 0.497 e. The van der Waals surface area contributed by atoms with Gasteiger partial charge in [0.25, 0.3) is 0 Å². The molecule has 0 spiro atoms. The van der Waals surface area contributed by atoms with Crippen LogP contribution in [0.4, 0.5) is 0 Å². The first-order valence-electron chi connectivity index (χ1n) is 9.84. The number of hydrogen-bond acceptors (Lipinski definition) is 5. The smallest absolute Gasteiger partial charge is 0.227 e. The molecule has 0 atom stereocenters. The van der Waals surface area contributed by atoms with Gasteiger partial charge in [0.05, 0.1) is 19.2 Å². The van der Waals surface area contributed by atoms with E-state index in [4.69, 9.17) is 9.72 Å². The second-order valence-electron chi connectivity index (χ2n) is 7.19. The van der Waals surface area contributed by atoms with Gasteiger partial charge in [0.15, 0.2) is 0 Å². The summed E-state index contributed by atoms with van der Waals surface area (Å²) in [6.45, 7) is 4.14. The highest BCUT2D eigenvalue weighted by atomic mass is 32.1. The minimum absolute atomic E-state index is 0.190. The number of thiazole rings is 1. The average Bonchev–Trinajstić information content (AvgIpc) is 3.24. The number of aromatic nitrogens is 1. The van der Waals surface area contributed by atoms with E-state index in [9.17, 15) is 4.79 Å². The summed E-state index contributed by atoms with van der Waals surface area (Å²) >= 11 is 1.69. The summed E-state index contributed by atoms with van der Waals surface area (Å²) in [5.41, 5.74) is 3.29. The van der Waals surface area contributed by atoms with Gasteiger partial charge in [-0.15, -0.1) is 11.3 Å². The second-order valence-corrected chi connectivity index (χ2v) is 8.05. The van der Waals surface area contributed by atoms with Crippen LogP contribution in [-0.4, -0.2) is 54.0 Å². The standard InChI is InChI=1S/C23H25N3O2S/c1-28-21-9-7-18(8-10-21)15-22(27)26-13-11-25(12-14-26)16-20-17-29-23(24-20)19-5-3-2-4-6-19/h2-10,17H,11-16H2,1H3. The normalized spacial score (nSPS) is 14.7. The molecule has 0 saturated carbocycles. The molecule has 4 rings (SSSR count). The number of methoxy groups -OCH3 is 1. The summed E-state index contributed by atoms with van der Waals surface area (Å²) < 4.78 is 5.17. The molecule has 2 heterocycles. The predicted octanol–water partition coefficient (Wildman–Crippen LogP) is 3.71. The average molecular weight is 408 g/mol. The molecule has 1 amide bonds. The molecular weight excluding hydrogens is 382 g/mol. The van der Waals surface area contributed by atoms with E-state index in [2.05, 4.69) is 22.4 Å². The van der Waals surface area contributed by atoms with Crippen molar-refractivity contribution in [3.63, 3.8) is 0 Å². The quantitative estimate of drug-likeness (QED) is 0.625. The highest BCUT2D eigenvalue weighted by Crippen LogP contribution is 2.24. The van der Waals surface area contributed by atoms with Crippen molar-refractivity contribution in [2.45, 2.75) is 13.0 Å². The molecule has 0 aliphatic carbocycles. The SMILES string of the molecule is COc1ccc(CC(=O)N2CCN(Cc3csc(-c4ccccc4)n3)CC2)cc1. The van der Waals surface area contributed by atoms with Gasteiger partial charge >= 0.3 is 0 Å². The highest BCUT2D eigenvalue weighted by Gasteiger charge is 2.22. The summed E-state index contributed by atoms with van der Waals surface area (Å²) in [7, 11) is 1.65. The maximum Gasteiger partial charge on any atom is 0.227 e. The van der Waals surface area contributed by atoms with Gasteiger partial charge in [0.1, 0.15) is 10.8 Å². The lowest BCUT2D eigenvalue weighted by Crippen LogP contribution is -2.48. The second kappa shape index (κ2) is 9.20. The zero-order chi connectivity index (χ0) is 20.1. The van der Waals surface area contributed by atoms with Crippen molar-refractivity contribution in [3.8, 4) is 16.3 Å². The summed E-state index contributed by atoms with van der Waals surface area (Å²) in [6.07, 6.45) is 0.441. The Balaban J connectivity index is 1.27. The van der Waals surface area contributed by atoms with E-state index < -0.39 is 0 Å². The van der Waals surface area contributed by atoms with Crippen LogP contribution < -0.4 is 4.74 Å². The molecule has 2 aromatic carbocycles. The van der Waals surface area contributed by atoms with Gasteiger partial charge in [-0.25, -0.2) is 4.98 Å². The van der Waals surface area contributed by atoms with Crippen molar-refractivity contribution in [1.82, 2.24) is 14.8 Å². The maximum absolute atomic E-state index is 12.6. The molecule has 0 bridgehead atoms. The lowest BCUT2D eigenvalue weighted by atomic mass is 10.1. The van der Waals surface area contributed by atoms with Gasteiger partial charge in [-0.05, 0) is 17.7 Å². The fraction of sp³-hybridized carbons (Fsp3) is 0.304. The Kier molecular flexibility index (Phi) is 6.22. The van der Waals surface area contributed by atoms with E-state index in [1.165, 1.54) is 0 Å². The molecule has 1 saturated heterocycles. The van der Waals surface area contributed by atoms with Gasteiger partial charge in [0.2, 0.25) is 5.91 Å². The van der Waals surface area contributed by atoms with E-state index in [0.29, 0.717) is 6.42 Å². The molecule has 1 fully saturated rings. The third-order valence-electron chi connectivity index (χ3n) is 5.20. The molecule has 29 heavy (non-hydrogen) atoms. The number of nitrogens with zero attached hydrogens (tertiary/aromatic N) is 3. The molecule has 5 nitrogen and oxygen atoms in total. The summed E-state index contributed by atoms with van der Waals surface area (Å²) in [4.78, 5) is 21.7. The minimum atomic E-state index is 0.190. The number of rotatable bonds is 6. The molecule has 1 aliphatic heterocycles. The first-order chi connectivity index (χ1) is 14.2.